The van der Waals surface area contributed by atoms with Crippen LogP contribution < -0.4 is 5.32 Å². The summed E-state index contributed by atoms with van der Waals surface area (Å²) in [5.41, 5.74) is 0.135. The number of anilines is 1. The van der Waals surface area contributed by atoms with Crippen LogP contribution in [-0.2, 0) is 9.84 Å². The second-order valence-electron chi connectivity index (χ2n) is 4.48. The maximum Gasteiger partial charge on any atom is 0.161 e. The Morgan fingerprint density at radius 3 is 2.79 bits per heavy atom. The Morgan fingerprint density at radius 2 is 2.11 bits per heavy atom. The molecule has 2 aliphatic rings. The normalized spacial score (nSPS) is 28.0. The smallest absolute Gasteiger partial charge is 0.161 e. The second kappa shape index (κ2) is 4.45. The minimum Gasteiger partial charge on any atom is -0.333 e. The Morgan fingerprint density at radius 1 is 1.32 bits per heavy atom. The number of hydrogen-bond acceptors (Lipinski definition) is 5. The largest absolute Gasteiger partial charge is 0.333 e. The highest BCUT2D eigenvalue weighted by Crippen LogP contribution is 2.34. The number of sulfone groups is 1. The molecule has 0 amide bonds. The molecule has 1 saturated heterocycles. The van der Waals surface area contributed by atoms with Gasteiger partial charge in [0.25, 0.3) is 0 Å². The average Bonchev–Trinajstić information content (AvgIpc) is 2.75. The topological polar surface area (TPSA) is 58.5 Å². The zero-order valence-electron chi connectivity index (χ0n) is 9.64. The van der Waals surface area contributed by atoms with E-state index in [0.717, 1.165) is 12.1 Å². The number of thioether (sulfide) groups is 1. The molecule has 8 heteroatoms. The standard InChI is InChI=1S/C11H10F2N2O2S2/c12-6-1-2-8(7(13)3-6)14-11-15-9-4-19(16,17)5-10(9)18-11/h1-3,9-10H,4-5H2,(H,14,15). The van der Waals surface area contributed by atoms with Crippen molar-refractivity contribution < 1.29 is 17.2 Å². The minimum absolute atomic E-state index is 0.0434. The molecule has 0 bridgehead atoms. The molecule has 1 aromatic rings. The van der Waals surface area contributed by atoms with Crippen molar-refractivity contribution in [1.29, 1.82) is 0 Å². The number of aliphatic imine (C=N–C) groups is 1. The Kier molecular flexibility index (Phi) is 3.01. The van der Waals surface area contributed by atoms with Crippen molar-refractivity contribution in [1.82, 2.24) is 0 Å². The fourth-order valence-electron chi connectivity index (χ4n) is 2.12. The fourth-order valence-corrected chi connectivity index (χ4v) is 5.79. The molecule has 0 radical (unpaired) electrons. The quantitative estimate of drug-likeness (QED) is 0.857. The van der Waals surface area contributed by atoms with E-state index in [2.05, 4.69) is 10.3 Å². The van der Waals surface area contributed by atoms with Crippen LogP contribution in [-0.4, -0.2) is 36.4 Å². The summed E-state index contributed by atoms with van der Waals surface area (Å²) in [6.45, 7) is 0. The highest BCUT2D eigenvalue weighted by molar-refractivity contribution is 8.15. The molecule has 0 aliphatic carbocycles. The highest BCUT2D eigenvalue weighted by Gasteiger charge is 2.42. The molecule has 1 aromatic carbocycles. The van der Waals surface area contributed by atoms with E-state index in [1.807, 2.05) is 0 Å². The first-order valence-electron chi connectivity index (χ1n) is 5.60. The van der Waals surface area contributed by atoms with Gasteiger partial charge < -0.3 is 5.32 Å². The Bertz CT molecular complexity index is 661. The van der Waals surface area contributed by atoms with E-state index in [1.54, 1.807) is 0 Å². The van der Waals surface area contributed by atoms with Gasteiger partial charge in [0.1, 0.15) is 11.6 Å². The van der Waals surface area contributed by atoms with Gasteiger partial charge in [-0.1, -0.05) is 11.8 Å². The van der Waals surface area contributed by atoms with Crippen LogP contribution in [0.2, 0.25) is 0 Å². The van der Waals surface area contributed by atoms with Crippen LogP contribution in [0.4, 0.5) is 14.5 Å². The molecule has 0 saturated carbocycles. The van der Waals surface area contributed by atoms with Crippen LogP contribution in [0.3, 0.4) is 0 Å². The van der Waals surface area contributed by atoms with E-state index >= 15 is 0 Å². The number of nitrogens with zero attached hydrogens (tertiary/aromatic N) is 1. The number of benzene rings is 1. The zero-order chi connectivity index (χ0) is 13.6. The van der Waals surface area contributed by atoms with E-state index in [0.29, 0.717) is 5.17 Å². The lowest BCUT2D eigenvalue weighted by molar-refractivity contribution is 0.586. The molecule has 4 nitrogen and oxygen atoms in total. The second-order valence-corrected chi connectivity index (χ2v) is 7.87. The van der Waals surface area contributed by atoms with Gasteiger partial charge in [-0.3, -0.25) is 4.99 Å². The molecule has 2 aliphatic heterocycles. The van der Waals surface area contributed by atoms with Crippen LogP contribution >= 0.6 is 11.8 Å². The number of rotatable bonds is 1. The molecule has 1 fully saturated rings. The summed E-state index contributed by atoms with van der Waals surface area (Å²) < 4.78 is 49.0. The summed E-state index contributed by atoms with van der Waals surface area (Å²) >= 11 is 1.29. The summed E-state index contributed by atoms with van der Waals surface area (Å²) in [5.74, 6) is -1.20. The van der Waals surface area contributed by atoms with Gasteiger partial charge in [0.05, 0.1) is 23.2 Å². The highest BCUT2D eigenvalue weighted by atomic mass is 32.2. The van der Waals surface area contributed by atoms with Crippen LogP contribution in [0.15, 0.2) is 23.2 Å². The van der Waals surface area contributed by atoms with Gasteiger partial charge in [-0.15, -0.1) is 0 Å². The monoisotopic (exact) mass is 304 g/mol. The van der Waals surface area contributed by atoms with Crippen molar-refractivity contribution in [2.45, 2.75) is 11.3 Å². The molecule has 102 valence electrons. The van der Waals surface area contributed by atoms with E-state index in [4.69, 9.17) is 0 Å². The summed E-state index contributed by atoms with van der Waals surface area (Å²) in [5, 5.41) is 3.15. The van der Waals surface area contributed by atoms with Gasteiger partial charge in [-0.05, 0) is 12.1 Å². The van der Waals surface area contributed by atoms with Gasteiger partial charge >= 0.3 is 0 Å². The Labute approximate surface area is 113 Å². The molecule has 2 atom stereocenters. The zero-order valence-corrected chi connectivity index (χ0v) is 11.3. The number of nitrogens with one attached hydrogen (secondary N) is 1. The molecular weight excluding hydrogens is 294 g/mol. The first kappa shape index (κ1) is 12.9. The van der Waals surface area contributed by atoms with Crippen LogP contribution in [0, 0.1) is 11.6 Å². The van der Waals surface area contributed by atoms with Crippen LogP contribution in [0.5, 0.6) is 0 Å². The van der Waals surface area contributed by atoms with Gasteiger partial charge in [0.2, 0.25) is 0 Å². The van der Waals surface area contributed by atoms with Gasteiger partial charge in [-0.25, -0.2) is 17.2 Å². The summed E-state index contributed by atoms with van der Waals surface area (Å²) in [6.07, 6.45) is 0. The number of hydrogen-bond donors (Lipinski definition) is 1. The van der Waals surface area contributed by atoms with Gasteiger partial charge in [0.15, 0.2) is 15.0 Å². The first-order valence-corrected chi connectivity index (χ1v) is 8.30. The van der Waals surface area contributed by atoms with Crippen LogP contribution in [0.1, 0.15) is 0 Å². The molecule has 2 unspecified atom stereocenters. The molecular formula is C11H10F2N2O2S2. The van der Waals surface area contributed by atoms with Crippen molar-refractivity contribution in [3.63, 3.8) is 0 Å². The van der Waals surface area contributed by atoms with Crippen molar-refractivity contribution in [2.75, 3.05) is 16.8 Å². The number of amidine groups is 1. The third kappa shape index (κ3) is 2.59. The molecule has 2 heterocycles. The van der Waals surface area contributed by atoms with Gasteiger partial charge in [0, 0.05) is 11.3 Å². The van der Waals surface area contributed by atoms with E-state index in [1.165, 1.54) is 17.8 Å². The lowest BCUT2D eigenvalue weighted by Gasteiger charge is -2.07. The average molecular weight is 304 g/mol. The lowest BCUT2D eigenvalue weighted by atomic mass is 10.3. The Balaban J connectivity index is 1.76. The maximum absolute atomic E-state index is 13.5. The minimum atomic E-state index is -2.99. The third-order valence-corrected chi connectivity index (χ3v) is 6.13. The fraction of sp³-hybridized carbons (Fsp3) is 0.364. The first-order chi connectivity index (χ1) is 8.93. The SMILES string of the molecule is O=S1(=O)CC2N=C(Nc3ccc(F)cc3F)SC2C1. The van der Waals surface area contributed by atoms with E-state index in [-0.39, 0.29) is 28.5 Å². The predicted octanol–water partition coefficient (Wildman–Crippen LogP) is 1.65. The third-order valence-electron chi connectivity index (χ3n) is 2.99. The van der Waals surface area contributed by atoms with Crippen molar-refractivity contribution in [2.24, 2.45) is 4.99 Å². The molecule has 1 N–H and O–H groups in total. The summed E-state index contributed by atoms with van der Waals surface area (Å²) in [4.78, 5) is 4.23. The van der Waals surface area contributed by atoms with E-state index < -0.39 is 21.5 Å². The maximum atomic E-state index is 13.5. The van der Waals surface area contributed by atoms with E-state index in [9.17, 15) is 17.2 Å². The molecule has 19 heavy (non-hydrogen) atoms. The predicted molar refractivity (Wildman–Crippen MR) is 71.2 cm³/mol. The lowest BCUT2D eigenvalue weighted by Crippen LogP contribution is -2.13. The summed E-state index contributed by atoms with van der Waals surface area (Å²) in [7, 11) is -2.99. The number of fused-ring (bicyclic) bond motifs is 1. The Hall–Kier alpha value is -1.15. The van der Waals surface area contributed by atoms with Crippen molar-refractivity contribution >= 4 is 32.5 Å². The van der Waals surface area contributed by atoms with Crippen molar-refractivity contribution in [3.8, 4) is 0 Å². The van der Waals surface area contributed by atoms with Gasteiger partial charge in [-0.2, -0.15) is 0 Å². The van der Waals surface area contributed by atoms with Crippen molar-refractivity contribution in [3.05, 3.63) is 29.8 Å². The van der Waals surface area contributed by atoms with Crippen LogP contribution in [0.25, 0.3) is 0 Å². The molecule has 0 aromatic heterocycles. The summed E-state index contributed by atoms with van der Waals surface area (Å²) in [6, 6.07) is 2.96. The molecule has 3 rings (SSSR count). The molecule has 0 spiro atoms. The number of halogens is 2.